The molecule has 6 nitrogen and oxygen atoms in total. The van der Waals surface area contributed by atoms with E-state index in [9.17, 15) is 0 Å². The molecule has 3 rings (SSSR count). The Hall–Kier alpha value is -1.40. The summed E-state index contributed by atoms with van der Waals surface area (Å²) < 4.78 is 2.89. The lowest BCUT2D eigenvalue weighted by molar-refractivity contribution is 0.492. The highest BCUT2D eigenvalue weighted by Crippen LogP contribution is 2.30. The average molecular weight is 368 g/mol. The first-order valence-corrected chi connectivity index (χ1v) is 7.17. The van der Waals surface area contributed by atoms with Crippen molar-refractivity contribution in [1.29, 1.82) is 5.26 Å². The molecular formula is C12H13IN6. The van der Waals surface area contributed by atoms with Crippen LogP contribution in [-0.2, 0) is 0 Å². The van der Waals surface area contributed by atoms with Gasteiger partial charge in [-0.25, -0.2) is 4.98 Å². The highest BCUT2D eigenvalue weighted by atomic mass is 127. The first-order valence-electron chi connectivity index (χ1n) is 6.09. The Bertz CT molecular complexity index is 658. The average Bonchev–Trinajstić information content (AvgIpc) is 2.96. The molecule has 1 aliphatic rings. The van der Waals surface area contributed by atoms with Gasteiger partial charge in [0.05, 0.1) is 29.4 Å². The number of hydrogen-bond acceptors (Lipinski definition) is 5. The van der Waals surface area contributed by atoms with Gasteiger partial charge in [-0.15, -0.1) is 0 Å². The molecule has 0 aromatic carbocycles. The molecule has 1 fully saturated rings. The zero-order valence-corrected chi connectivity index (χ0v) is 12.3. The topological polar surface area (TPSA) is 92.5 Å². The summed E-state index contributed by atoms with van der Waals surface area (Å²) in [6.07, 6.45) is 3.17. The fourth-order valence-electron chi connectivity index (χ4n) is 2.60. The summed E-state index contributed by atoms with van der Waals surface area (Å²) in [4.78, 5) is 4.11. The predicted octanol–water partition coefficient (Wildman–Crippen LogP) is 1.43. The van der Waals surface area contributed by atoms with Crippen molar-refractivity contribution in [1.82, 2.24) is 20.1 Å². The molecule has 7 heteroatoms. The lowest BCUT2D eigenvalue weighted by Crippen LogP contribution is -2.20. The van der Waals surface area contributed by atoms with E-state index in [1.807, 2.05) is 10.7 Å². The fraction of sp³-hybridized carbons (Fsp3) is 0.417. The first-order chi connectivity index (χ1) is 9.20. The molecule has 19 heavy (non-hydrogen) atoms. The van der Waals surface area contributed by atoms with E-state index in [0.29, 0.717) is 12.2 Å². The van der Waals surface area contributed by atoms with Crippen molar-refractivity contribution in [2.45, 2.75) is 24.9 Å². The maximum Gasteiger partial charge on any atom is 0.135 e. The second-order valence-electron chi connectivity index (χ2n) is 4.68. The summed E-state index contributed by atoms with van der Waals surface area (Å²) >= 11 is 2.19. The standard InChI is InChI=1S/C12H13IN6/c13-11-10-9(2-4-16-12(10)15)19(18-11)8-5-7(1-3-14)17-6-8/h2,4,7-8,17H,1,5-6H2,(H2,15,16)/t7-,8?/m0/s1. The minimum Gasteiger partial charge on any atom is -0.383 e. The van der Waals surface area contributed by atoms with E-state index in [-0.39, 0.29) is 12.1 Å². The van der Waals surface area contributed by atoms with E-state index in [1.54, 1.807) is 6.20 Å². The van der Waals surface area contributed by atoms with Crippen LogP contribution in [0.4, 0.5) is 5.82 Å². The molecule has 0 radical (unpaired) electrons. The lowest BCUT2D eigenvalue weighted by atomic mass is 10.1. The van der Waals surface area contributed by atoms with Crippen molar-refractivity contribution in [3.63, 3.8) is 0 Å². The van der Waals surface area contributed by atoms with Gasteiger partial charge in [0.15, 0.2) is 0 Å². The van der Waals surface area contributed by atoms with E-state index in [1.165, 1.54) is 0 Å². The minimum absolute atomic E-state index is 0.256. The number of aromatic nitrogens is 3. The summed E-state index contributed by atoms with van der Waals surface area (Å²) in [5.74, 6) is 0.521. The van der Waals surface area contributed by atoms with Crippen LogP contribution in [0.2, 0.25) is 0 Å². The minimum atomic E-state index is 0.256. The van der Waals surface area contributed by atoms with Crippen LogP contribution in [0.5, 0.6) is 0 Å². The molecule has 2 aromatic heterocycles. The van der Waals surface area contributed by atoms with Crippen LogP contribution in [-0.4, -0.2) is 27.4 Å². The Morgan fingerprint density at radius 1 is 1.63 bits per heavy atom. The SMILES string of the molecule is N#CC[C@H]1CC(n2nc(I)c3c(N)nccc32)CN1. The van der Waals surface area contributed by atoms with Gasteiger partial charge in [0.1, 0.15) is 9.52 Å². The second-order valence-corrected chi connectivity index (χ2v) is 5.70. The highest BCUT2D eigenvalue weighted by Gasteiger charge is 2.27. The Morgan fingerprint density at radius 2 is 2.47 bits per heavy atom. The van der Waals surface area contributed by atoms with Crippen molar-refractivity contribution in [2.24, 2.45) is 0 Å². The molecule has 0 spiro atoms. The molecule has 3 N–H and O–H groups in total. The van der Waals surface area contributed by atoms with Crippen molar-refractivity contribution < 1.29 is 0 Å². The Morgan fingerprint density at radius 3 is 3.26 bits per heavy atom. The molecule has 1 unspecified atom stereocenters. The first kappa shape index (κ1) is 12.6. The second kappa shape index (κ2) is 4.94. The molecule has 2 aromatic rings. The molecule has 1 aliphatic heterocycles. The number of halogens is 1. The number of anilines is 1. The van der Waals surface area contributed by atoms with Gasteiger partial charge in [-0.05, 0) is 35.1 Å². The number of nitrogen functional groups attached to an aromatic ring is 1. The van der Waals surface area contributed by atoms with Crippen LogP contribution in [0.3, 0.4) is 0 Å². The van der Waals surface area contributed by atoms with Crippen molar-refractivity contribution >= 4 is 39.3 Å². The number of pyridine rings is 1. The number of hydrogen-bond donors (Lipinski definition) is 2. The van der Waals surface area contributed by atoms with E-state index in [4.69, 9.17) is 11.0 Å². The van der Waals surface area contributed by atoms with E-state index in [0.717, 1.165) is 27.6 Å². The Kier molecular flexibility index (Phi) is 3.28. The number of rotatable bonds is 2. The molecule has 0 bridgehead atoms. The molecule has 0 saturated carbocycles. The summed E-state index contributed by atoms with van der Waals surface area (Å²) in [6, 6.07) is 4.68. The molecule has 0 aliphatic carbocycles. The van der Waals surface area contributed by atoms with Gasteiger partial charge in [0, 0.05) is 18.8 Å². The summed E-state index contributed by atoms with van der Waals surface area (Å²) in [7, 11) is 0. The maximum atomic E-state index is 8.76. The van der Waals surface area contributed by atoms with Crippen molar-refractivity contribution in [3.05, 3.63) is 16.0 Å². The van der Waals surface area contributed by atoms with Crippen LogP contribution >= 0.6 is 22.6 Å². The largest absolute Gasteiger partial charge is 0.383 e. The molecule has 3 heterocycles. The van der Waals surface area contributed by atoms with Crippen LogP contribution in [0, 0.1) is 15.0 Å². The molecular weight excluding hydrogens is 355 g/mol. The Balaban J connectivity index is 1.99. The molecule has 98 valence electrons. The third kappa shape index (κ3) is 2.15. The number of fused-ring (bicyclic) bond motifs is 1. The maximum absolute atomic E-state index is 8.76. The summed E-state index contributed by atoms with van der Waals surface area (Å²) in [5, 5.41) is 17.6. The van der Waals surface area contributed by atoms with E-state index >= 15 is 0 Å². The lowest BCUT2D eigenvalue weighted by Gasteiger charge is -2.11. The van der Waals surface area contributed by atoms with E-state index < -0.39 is 0 Å². The third-order valence-corrected chi connectivity index (χ3v) is 4.24. The van der Waals surface area contributed by atoms with Crippen molar-refractivity contribution in [2.75, 3.05) is 12.3 Å². The smallest absolute Gasteiger partial charge is 0.135 e. The summed E-state index contributed by atoms with van der Waals surface area (Å²) in [6.45, 7) is 0.835. The zero-order chi connectivity index (χ0) is 13.4. The number of nitrogens with two attached hydrogens (primary N) is 1. The monoisotopic (exact) mass is 368 g/mol. The third-order valence-electron chi connectivity index (χ3n) is 3.49. The Labute approximate surface area is 124 Å². The van der Waals surface area contributed by atoms with Crippen LogP contribution < -0.4 is 11.1 Å². The van der Waals surface area contributed by atoms with Gasteiger partial charge in [0.2, 0.25) is 0 Å². The highest BCUT2D eigenvalue weighted by molar-refractivity contribution is 14.1. The molecule has 2 atom stereocenters. The van der Waals surface area contributed by atoms with Gasteiger partial charge >= 0.3 is 0 Å². The van der Waals surface area contributed by atoms with Crippen LogP contribution in [0.15, 0.2) is 12.3 Å². The van der Waals surface area contributed by atoms with E-state index in [2.05, 4.69) is 44.1 Å². The van der Waals surface area contributed by atoms with Crippen LogP contribution in [0.1, 0.15) is 18.9 Å². The molecule has 1 saturated heterocycles. The van der Waals surface area contributed by atoms with Gasteiger partial charge in [-0.3, -0.25) is 4.68 Å². The number of nitrogens with one attached hydrogen (secondary N) is 1. The molecule has 0 amide bonds. The van der Waals surface area contributed by atoms with Gasteiger partial charge < -0.3 is 11.1 Å². The number of nitriles is 1. The van der Waals surface area contributed by atoms with Gasteiger partial charge in [0.25, 0.3) is 0 Å². The van der Waals surface area contributed by atoms with Crippen LogP contribution in [0.25, 0.3) is 10.9 Å². The normalized spacial score (nSPS) is 22.7. The van der Waals surface area contributed by atoms with Gasteiger partial charge in [-0.2, -0.15) is 10.4 Å². The summed E-state index contributed by atoms with van der Waals surface area (Å²) in [5.41, 5.74) is 6.93. The van der Waals surface area contributed by atoms with Crippen molar-refractivity contribution in [3.8, 4) is 6.07 Å². The number of nitrogens with zero attached hydrogens (tertiary/aromatic N) is 4. The quantitative estimate of drug-likeness (QED) is 0.783. The predicted molar refractivity (Wildman–Crippen MR) is 80.3 cm³/mol. The zero-order valence-electron chi connectivity index (χ0n) is 10.2. The fourth-order valence-corrected chi connectivity index (χ4v) is 3.38. The van der Waals surface area contributed by atoms with Gasteiger partial charge in [-0.1, -0.05) is 0 Å².